The van der Waals surface area contributed by atoms with Crippen LogP contribution < -0.4 is 10.5 Å². The van der Waals surface area contributed by atoms with Gasteiger partial charge >= 0.3 is 0 Å². The van der Waals surface area contributed by atoms with Crippen LogP contribution in [-0.4, -0.2) is 14.8 Å². The third-order valence-electron chi connectivity index (χ3n) is 2.89. The predicted molar refractivity (Wildman–Crippen MR) is 79.3 cm³/mol. The Morgan fingerprint density at radius 2 is 2.00 bits per heavy atom. The second kappa shape index (κ2) is 5.40. The first-order valence-corrected chi connectivity index (χ1v) is 6.39. The molecule has 19 heavy (non-hydrogen) atoms. The first kappa shape index (κ1) is 13.5. The van der Waals surface area contributed by atoms with E-state index in [0.717, 1.165) is 28.0 Å². The van der Waals surface area contributed by atoms with Gasteiger partial charge in [-0.05, 0) is 37.1 Å². The molecule has 0 unspecified atom stereocenters. The van der Waals surface area contributed by atoms with Crippen LogP contribution in [0, 0.1) is 13.8 Å². The Hall–Kier alpha value is -1.88. The highest BCUT2D eigenvalue weighted by molar-refractivity contribution is 7.80. The second-order valence-electron chi connectivity index (χ2n) is 4.61. The van der Waals surface area contributed by atoms with Crippen LogP contribution in [0.15, 0.2) is 24.5 Å². The smallest absolute Gasteiger partial charge is 0.125 e. The number of aromatic nitrogens is 2. The average molecular weight is 275 g/mol. The molecule has 0 aliphatic rings. The Balaban J connectivity index is 2.18. The van der Waals surface area contributed by atoms with Crippen LogP contribution in [0.5, 0.6) is 5.75 Å². The van der Waals surface area contributed by atoms with E-state index in [2.05, 4.69) is 5.10 Å². The fourth-order valence-electron chi connectivity index (χ4n) is 2.02. The van der Waals surface area contributed by atoms with E-state index < -0.39 is 0 Å². The molecule has 2 aromatic rings. The molecule has 0 bridgehead atoms. The molecule has 0 spiro atoms. The van der Waals surface area contributed by atoms with E-state index in [-0.39, 0.29) is 0 Å². The zero-order valence-electron chi connectivity index (χ0n) is 11.3. The van der Waals surface area contributed by atoms with Gasteiger partial charge < -0.3 is 10.5 Å². The van der Waals surface area contributed by atoms with E-state index in [9.17, 15) is 0 Å². The van der Waals surface area contributed by atoms with E-state index in [0.29, 0.717) is 11.6 Å². The second-order valence-corrected chi connectivity index (χ2v) is 5.05. The number of hydrogen-bond donors (Lipinski definition) is 1. The number of aryl methyl sites for hydroxylation is 3. The normalized spacial score (nSPS) is 10.5. The van der Waals surface area contributed by atoms with Gasteiger partial charge in [0.15, 0.2) is 0 Å². The summed E-state index contributed by atoms with van der Waals surface area (Å²) in [6, 6.07) is 3.90. The average Bonchev–Trinajstić information content (AvgIpc) is 2.73. The van der Waals surface area contributed by atoms with Gasteiger partial charge in [0.1, 0.15) is 17.3 Å². The molecule has 0 aliphatic carbocycles. The highest BCUT2D eigenvalue weighted by Crippen LogP contribution is 2.25. The van der Waals surface area contributed by atoms with Crippen molar-refractivity contribution in [1.82, 2.24) is 9.78 Å². The van der Waals surface area contributed by atoms with Gasteiger partial charge in [0.05, 0.1) is 6.20 Å². The van der Waals surface area contributed by atoms with E-state index in [1.54, 1.807) is 10.9 Å². The van der Waals surface area contributed by atoms with Crippen LogP contribution in [0.3, 0.4) is 0 Å². The van der Waals surface area contributed by atoms with Gasteiger partial charge in [-0.3, -0.25) is 4.68 Å². The van der Waals surface area contributed by atoms with Crippen molar-refractivity contribution < 1.29 is 4.74 Å². The molecule has 1 aromatic carbocycles. The molecule has 4 nitrogen and oxygen atoms in total. The number of benzene rings is 1. The molecule has 0 amide bonds. The maximum atomic E-state index is 5.86. The number of thiocarbonyl (C=S) groups is 1. The van der Waals surface area contributed by atoms with Crippen molar-refractivity contribution in [2.75, 3.05) is 0 Å². The van der Waals surface area contributed by atoms with Gasteiger partial charge in [0, 0.05) is 24.4 Å². The largest absolute Gasteiger partial charge is 0.488 e. The molecule has 0 atom stereocenters. The molecule has 2 rings (SSSR count). The molecule has 0 saturated carbocycles. The Morgan fingerprint density at radius 1 is 1.37 bits per heavy atom. The number of hydrogen-bond acceptors (Lipinski definition) is 3. The number of rotatable bonds is 4. The van der Waals surface area contributed by atoms with Crippen LogP contribution >= 0.6 is 12.2 Å². The highest BCUT2D eigenvalue weighted by atomic mass is 32.1. The lowest BCUT2D eigenvalue weighted by Gasteiger charge is -2.13. The van der Waals surface area contributed by atoms with E-state index in [4.69, 9.17) is 22.7 Å². The Kier molecular flexibility index (Phi) is 3.85. The molecular weight excluding hydrogens is 258 g/mol. The fraction of sp³-hybridized carbons (Fsp3) is 0.286. The summed E-state index contributed by atoms with van der Waals surface area (Å²) >= 11 is 4.99. The van der Waals surface area contributed by atoms with E-state index >= 15 is 0 Å². The Labute approximate surface area is 118 Å². The molecular formula is C14H17N3OS. The van der Waals surface area contributed by atoms with Gasteiger partial charge in [0.25, 0.3) is 0 Å². The van der Waals surface area contributed by atoms with Crippen LogP contribution in [0.4, 0.5) is 0 Å². The third-order valence-corrected chi connectivity index (χ3v) is 3.12. The first-order valence-electron chi connectivity index (χ1n) is 5.98. The van der Waals surface area contributed by atoms with E-state index in [1.807, 2.05) is 39.2 Å². The topological polar surface area (TPSA) is 53.1 Å². The van der Waals surface area contributed by atoms with E-state index in [1.165, 1.54) is 0 Å². The summed E-state index contributed by atoms with van der Waals surface area (Å²) in [6.45, 7) is 4.49. The van der Waals surface area contributed by atoms with Gasteiger partial charge in [-0.15, -0.1) is 0 Å². The standard InChI is InChI=1S/C14H17N3OS/c1-9-4-12(14(15)19)5-10(2)13(9)18-8-11-6-16-17(3)7-11/h4-7H,8H2,1-3H3,(H2,15,19). The Morgan fingerprint density at radius 3 is 2.47 bits per heavy atom. The maximum absolute atomic E-state index is 5.86. The summed E-state index contributed by atoms with van der Waals surface area (Å²) in [6.07, 6.45) is 3.74. The summed E-state index contributed by atoms with van der Waals surface area (Å²) < 4.78 is 7.62. The van der Waals surface area contributed by atoms with Crippen LogP contribution in [0.2, 0.25) is 0 Å². The number of ether oxygens (including phenoxy) is 1. The lowest BCUT2D eigenvalue weighted by Crippen LogP contribution is -2.10. The van der Waals surface area contributed by atoms with Crippen molar-refractivity contribution in [3.05, 3.63) is 46.8 Å². The van der Waals surface area contributed by atoms with Crippen molar-refractivity contribution in [3.8, 4) is 5.75 Å². The minimum Gasteiger partial charge on any atom is -0.488 e. The Bertz CT molecular complexity index is 596. The zero-order chi connectivity index (χ0) is 14.0. The van der Waals surface area contributed by atoms with Crippen molar-refractivity contribution in [3.63, 3.8) is 0 Å². The van der Waals surface area contributed by atoms with Crippen molar-refractivity contribution in [2.24, 2.45) is 12.8 Å². The van der Waals surface area contributed by atoms with Crippen LogP contribution in [0.25, 0.3) is 0 Å². The van der Waals surface area contributed by atoms with Gasteiger partial charge in [0.2, 0.25) is 0 Å². The molecule has 0 aliphatic heterocycles. The summed E-state index contributed by atoms with van der Waals surface area (Å²) in [7, 11) is 1.89. The SMILES string of the molecule is Cc1cc(C(N)=S)cc(C)c1OCc1cnn(C)c1. The summed E-state index contributed by atoms with van der Waals surface area (Å²) in [5.74, 6) is 0.879. The van der Waals surface area contributed by atoms with Crippen molar-refractivity contribution in [1.29, 1.82) is 0 Å². The van der Waals surface area contributed by atoms with Crippen molar-refractivity contribution in [2.45, 2.75) is 20.5 Å². The zero-order valence-corrected chi connectivity index (χ0v) is 12.1. The van der Waals surface area contributed by atoms with Gasteiger partial charge in [-0.1, -0.05) is 12.2 Å². The molecule has 1 aromatic heterocycles. The third kappa shape index (κ3) is 3.12. The molecule has 2 N–H and O–H groups in total. The molecule has 5 heteroatoms. The fourth-order valence-corrected chi connectivity index (χ4v) is 2.14. The lowest BCUT2D eigenvalue weighted by atomic mass is 10.1. The molecule has 0 fully saturated rings. The minimum absolute atomic E-state index is 0.407. The summed E-state index contributed by atoms with van der Waals surface area (Å²) in [5.41, 5.74) is 9.63. The molecule has 0 radical (unpaired) electrons. The van der Waals surface area contributed by atoms with Gasteiger partial charge in [-0.2, -0.15) is 5.10 Å². The molecule has 1 heterocycles. The summed E-state index contributed by atoms with van der Waals surface area (Å²) in [4.78, 5) is 0.407. The number of nitrogens with zero attached hydrogens (tertiary/aromatic N) is 2. The van der Waals surface area contributed by atoms with Crippen LogP contribution in [-0.2, 0) is 13.7 Å². The minimum atomic E-state index is 0.407. The predicted octanol–water partition coefficient (Wildman–Crippen LogP) is 2.25. The first-order chi connectivity index (χ1) is 8.97. The number of nitrogens with two attached hydrogens (primary N) is 1. The summed E-state index contributed by atoms with van der Waals surface area (Å²) in [5, 5.41) is 4.11. The maximum Gasteiger partial charge on any atom is 0.125 e. The molecule has 0 saturated heterocycles. The highest BCUT2D eigenvalue weighted by Gasteiger charge is 2.08. The lowest BCUT2D eigenvalue weighted by molar-refractivity contribution is 0.302. The van der Waals surface area contributed by atoms with Crippen LogP contribution in [0.1, 0.15) is 22.3 Å². The molecule has 100 valence electrons. The quantitative estimate of drug-likeness (QED) is 0.870. The van der Waals surface area contributed by atoms with Crippen molar-refractivity contribution >= 4 is 17.2 Å². The monoisotopic (exact) mass is 275 g/mol. The van der Waals surface area contributed by atoms with Gasteiger partial charge in [-0.25, -0.2) is 0 Å².